The van der Waals surface area contributed by atoms with Gasteiger partial charge in [-0.25, -0.2) is 4.79 Å². The number of nitrogens with one attached hydrogen (secondary N) is 2. The molecule has 0 fully saturated rings. The van der Waals surface area contributed by atoms with Crippen molar-refractivity contribution in [3.63, 3.8) is 0 Å². The Hall–Kier alpha value is -7.04. The van der Waals surface area contributed by atoms with E-state index in [2.05, 4.69) is 34.9 Å². The van der Waals surface area contributed by atoms with E-state index >= 15 is 0 Å². The lowest BCUT2D eigenvalue weighted by atomic mass is 9.77. The number of benzene rings is 6. The van der Waals surface area contributed by atoms with Crippen molar-refractivity contribution >= 4 is 35.1 Å². The van der Waals surface area contributed by atoms with Gasteiger partial charge in [0, 0.05) is 65.7 Å². The summed E-state index contributed by atoms with van der Waals surface area (Å²) in [5.74, 6) is -1.32. The third-order valence-electron chi connectivity index (χ3n) is 11.7. The normalized spacial score (nSPS) is 16.0. The number of fused-ring (bicyclic) bond motifs is 9. The number of ether oxygens (including phenoxy) is 3. The van der Waals surface area contributed by atoms with Crippen molar-refractivity contribution in [2.75, 3.05) is 17.2 Å². The number of carbonyl (C=O) groups excluding carboxylic acids is 3. The Balaban J connectivity index is 0.965. The molecule has 3 N–H and O–H groups in total. The van der Waals surface area contributed by atoms with Crippen molar-refractivity contribution in [2.24, 2.45) is 5.92 Å². The number of carboxylic acids is 1. The molecule has 0 saturated heterocycles. The van der Waals surface area contributed by atoms with E-state index in [9.17, 15) is 19.2 Å². The number of Topliss-reactive ketones (excluding diaryl/α,β-unsaturated/α-hetero) is 1. The molecule has 6 aromatic rings. The summed E-state index contributed by atoms with van der Waals surface area (Å²) in [5, 5.41) is 15.0. The van der Waals surface area contributed by atoms with Crippen LogP contribution in [0.15, 0.2) is 140 Å². The minimum absolute atomic E-state index is 0.0254. The van der Waals surface area contributed by atoms with Crippen molar-refractivity contribution in [1.29, 1.82) is 0 Å². The van der Waals surface area contributed by atoms with Crippen molar-refractivity contribution in [3.8, 4) is 22.6 Å². The summed E-state index contributed by atoms with van der Waals surface area (Å²) >= 11 is 0. The van der Waals surface area contributed by atoms with Crippen molar-refractivity contribution in [3.05, 3.63) is 178 Å². The lowest BCUT2D eigenvalue weighted by Gasteiger charge is -2.37. The minimum Gasteiger partial charge on any atom is -0.481 e. The molecule has 1 aliphatic carbocycles. The first-order valence-electron chi connectivity index (χ1n) is 20.2. The molecule has 300 valence electrons. The monoisotopic (exact) mass is 798 g/mol. The van der Waals surface area contributed by atoms with Gasteiger partial charge in [0.05, 0.1) is 6.61 Å². The fourth-order valence-corrected chi connectivity index (χ4v) is 8.88. The molecular formula is C50H42N2O8. The maximum atomic E-state index is 13.9. The van der Waals surface area contributed by atoms with Gasteiger partial charge < -0.3 is 24.6 Å². The van der Waals surface area contributed by atoms with Crippen LogP contribution in [-0.2, 0) is 42.5 Å². The Bertz CT molecular complexity index is 2600. The highest BCUT2D eigenvalue weighted by Gasteiger charge is 2.49. The second-order valence-corrected chi connectivity index (χ2v) is 15.5. The van der Waals surface area contributed by atoms with E-state index in [1.807, 2.05) is 97.1 Å². The summed E-state index contributed by atoms with van der Waals surface area (Å²) < 4.78 is 19.2. The van der Waals surface area contributed by atoms with Gasteiger partial charge in [-0.3, -0.25) is 19.7 Å². The van der Waals surface area contributed by atoms with Gasteiger partial charge in [-0.05, 0) is 76.1 Å². The van der Waals surface area contributed by atoms with Gasteiger partial charge in [0.15, 0.2) is 5.60 Å². The number of hydrogen-bond acceptors (Lipinski definition) is 7. The van der Waals surface area contributed by atoms with Crippen LogP contribution >= 0.6 is 0 Å². The predicted octanol–water partition coefficient (Wildman–Crippen LogP) is 9.99. The van der Waals surface area contributed by atoms with Crippen LogP contribution < -0.4 is 15.4 Å². The number of ketones is 1. The quantitative estimate of drug-likeness (QED) is 0.105. The summed E-state index contributed by atoms with van der Waals surface area (Å²) in [6.07, 6.45) is -0.101. The van der Waals surface area contributed by atoms with E-state index < -0.39 is 23.6 Å². The predicted molar refractivity (Wildman–Crippen MR) is 226 cm³/mol. The van der Waals surface area contributed by atoms with Crippen LogP contribution in [0.25, 0.3) is 11.1 Å². The first-order valence-corrected chi connectivity index (χ1v) is 20.2. The topological polar surface area (TPSA) is 140 Å². The molecule has 3 aliphatic rings. The standard InChI is InChI=1S/C50H42N2O8/c53-36(14-10-20-47(54)55)26-33(25-31-11-2-1-3-12-31)48(56)51-34-21-23-43-45(27-34)60-46-28-35(22-24-44(46)50(43)42-19-9-4-13-32(42)29-59-50)52-49(57)58-30-41-39-17-7-5-15-37(39)38-16-6-8-18-40(38)41/h1-9,11-13,15-19,21-24,27-28,33,41H,10,14,20,25-26,29-30H2,(H,51,56)(H,52,57)(H,54,55). The molecule has 10 heteroatoms. The number of amides is 2. The molecule has 60 heavy (non-hydrogen) atoms. The van der Waals surface area contributed by atoms with E-state index in [-0.39, 0.29) is 49.9 Å². The third-order valence-corrected chi connectivity index (χ3v) is 11.7. The number of carboxylic acid groups (broad SMARTS) is 1. The molecule has 1 spiro atoms. The van der Waals surface area contributed by atoms with E-state index in [4.69, 9.17) is 19.3 Å². The lowest BCUT2D eigenvalue weighted by Crippen LogP contribution is -2.32. The van der Waals surface area contributed by atoms with Gasteiger partial charge in [-0.15, -0.1) is 0 Å². The molecule has 2 atom stereocenters. The number of hydrogen-bond donors (Lipinski definition) is 3. The molecule has 2 amide bonds. The third kappa shape index (κ3) is 7.42. The average molecular weight is 799 g/mol. The molecule has 9 rings (SSSR count). The van der Waals surface area contributed by atoms with Crippen molar-refractivity contribution in [1.82, 2.24) is 0 Å². The maximum Gasteiger partial charge on any atom is 0.411 e. The maximum absolute atomic E-state index is 13.9. The van der Waals surface area contributed by atoms with Gasteiger partial charge in [0.1, 0.15) is 23.9 Å². The Morgan fingerprint density at radius 2 is 1.32 bits per heavy atom. The van der Waals surface area contributed by atoms with E-state index in [1.54, 1.807) is 18.2 Å². The molecule has 0 radical (unpaired) electrons. The number of anilines is 2. The molecule has 2 heterocycles. The fourth-order valence-electron chi connectivity index (χ4n) is 8.88. The molecule has 2 unspecified atom stereocenters. The first-order chi connectivity index (χ1) is 29.3. The van der Waals surface area contributed by atoms with Gasteiger partial charge >= 0.3 is 12.1 Å². The van der Waals surface area contributed by atoms with E-state index in [0.717, 1.165) is 50.1 Å². The highest BCUT2D eigenvalue weighted by Crippen LogP contribution is 2.57. The van der Waals surface area contributed by atoms with E-state index in [1.165, 1.54) is 0 Å². The van der Waals surface area contributed by atoms with Crippen molar-refractivity contribution < 1.29 is 38.5 Å². The molecule has 2 aliphatic heterocycles. The zero-order chi connectivity index (χ0) is 41.2. The molecular weight excluding hydrogens is 757 g/mol. The first kappa shape index (κ1) is 38.5. The molecule has 0 aromatic heterocycles. The fraction of sp³-hybridized carbons (Fsp3) is 0.200. The number of carbonyl (C=O) groups is 4. The van der Waals surface area contributed by atoms with Gasteiger partial charge in [0.2, 0.25) is 5.91 Å². The molecule has 10 nitrogen and oxygen atoms in total. The second kappa shape index (κ2) is 16.3. The number of rotatable bonds is 13. The summed E-state index contributed by atoms with van der Waals surface area (Å²) in [6.45, 7) is 0.539. The SMILES string of the molecule is O=C(O)CCCC(=O)CC(Cc1ccccc1)C(=O)Nc1ccc2c(c1)Oc1cc(NC(=O)OCC3c4ccccc4-c4ccccc43)ccc1C21OCc2ccccc21. The highest BCUT2D eigenvalue weighted by atomic mass is 16.5. The van der Waals surface area contributed by atoms with Gasteiger partial charge in [-0.1, -0.05) is 103 Å². The smallest absolute Gasteiger partial charge is 0.411 e. The summed E-state index contributed by atoms with van der Waals surface area (Å²) in [7, 11) is 0. The Morgan fingerprint density at radius 1 is 0.700 bits per heavy atom. The average Bonchev–Trinajstić information content (AvgIpc) is 3.79. The largest absolute Gasteiger partial charge is 0.481 e. The Kier molecular flexibility index (Phi) is 10.5. The lowest BCUT2D eigenvalue weighted by molar-refractivity contribution is -0.137. The van der Waals surface area contributed by atoms with E-state index in [0.29, 0.717) is 35.9 Å². The highest BCUT2D eigenvalue weighted by molar-refractivity contribution is 5.96. The zero-order valence-corrected chi connectivity index (χ0v) is 32.7. The van der Waals surface area contributed by atoms with Crippen LogP contribution in [0.5, 0.6) is 11.5 Å². The van der Waals surface area contributed by atoms with Crippen LogP contribution in [0.2, 0.25) is 0 Å². The molecule has 6 aromatic carbocycles. The zero-order valence-electron chi connectivity index (χ0n) is 32.7. The van der Waals surface area contributed by atoms with Crippen molar-refractivity contribution in [2.45, 2.75) is 50.2 Å². The summed E-state index contributed by atoms with van der Waals surface area (Å²) in [5.41, 5.74) is 8.87. The second-order valence-electron chi connectivity index (χ2n) is 15.5. The van der Waals surface area contributed by atoms with Gasteiger partial charge in [-0.2, -0.15) is 0 Å². The van der Waals surface area contributed by atoms with Crippen LogP contribution in [-0.4, -0.2) is 35.5 Å². The molecule has 0 saturated carbocycles. The van der Waals surface area contributed by atoms with Crippen LogP contribution in [0.4, 0.5) is 16.2 Å². The molecule has 0 bridgehead atoms. The number of aliphatic carboxylic acids is 1. The van der Waals surface area contributed by atoms with Crippen LogP contribution in [0, 0.1) is 5.92 Å². The summed E-state index contributed by atoms with van der Waals surface area (Å²) in [4.78, 5) is 51.3. The Morgan fingerprint density at radius 3 is 2.00 bits per heavy atom. The summed E-state index contributed by atoms with van der Waals surface area (Å²) in [6, 6.07) is 44.8. The Labute approximate surface area is 347 Å². The van der Waals surface area contributed by atoms with Crippen LogP contribution in [0.1, 0.15) is 70.5 Å². The minimum atomic E-state index is -1.03. The van der Waals surface area contributed by atoms with Crippen LogP contribution in [0.3, 0.4) is 0 Å². The van der Waals surface area contributed by atoms with Gasteiger partial charge in [0.25, 0.3) is 0 Å².